The van der Waals surface area contributed by atoms with Gasteiger partial charge in [-0.05, 0) is 20.8 Å². The minimum Gasteiger partial charge on any atom is -0.467 e. The predicted octanol–water partition coefficient (Wildman–Crippen LogP) is -0.701. The van der Waals surface area contributed by atoms with Gasteiger partial charge in [0.2, 0.25) is 0 Å². The van der Waals surface area contributed by atoms with Crippen LogP contribution in [0.25, 0.3) is 0 Å². The maximum Gasteiger partial charge on any atom is 0.338 e. The van der Waals surface area contributed by atoms with E-state index in [1.165, 1.54) is 14.0 Å². The normalized spacial score (nSPS) is 22.0. The van der Waals surface area contributed by atoms with Crippen molar-refractivity contribution in [3.8, 4) is 0 Å². The number of esters is 1. The number of β-amino-alcohol motifs (C(OH)–C–C–N with tert-alkyl or cyclic N) is 2. The molecule has 1 saturated heterocycles. The van der Waals surface area contributed by atoms with Gasteiger partial charge in [-0.25, -0.2) is 4.79 Å². The molecule has 1 rings (SSSR count). The van der Waals surface area contributed by atoms with E-state index >= 15 is 0 Å². The molecule has 1 aliphatic heterocycles. The Bertz CT molecular complexity index is 304. The highest BCUT2D eigenvalue weighted by molar-refractivity contribution is 5.78. The Labute approximate surface area is 114 Å². The quantitative estimate of drug-likeness (QED) is 0.646. The van der Waals surface area contributed by atoms with Crippen molar-refractivity contribution in [2.24, 2.45) is 0 Å². The van der Waals surface area contributed by atoms with Crippen molar-refractivity contribution >= 4 is 5.97 Å². The van der Waals surface area contributed by atoms with Crippen LogP contribution in [-0.2, 0) is 9.53 Å². The second-order valence-corrected chi connectivity index (χ2v) is 6.13. The third kappa shape index (κ3) is 5.44. The Balaban J connectivity index is 2.40. The number of carbonyl (C=O) groups excluding carboxylic acids is 1. The molecule has 0 spiro atoms. The van der Waals surface area contributed by atoms with Gasteiger partial charge in [-0.2, -0.15) is 0 Å². The highest BCUT2D eigenvalue weighted by Gasteiger charge is 2.34. The summed E-state index contributed by atoms with van der Waals surface area (Å²) >= 11 is 0. The molecule has 1 heterocycles. The molecule has 1 fully saturated rings. The first-order chi connectivity index (χ1) is 8.64. The molecule has 0 bridgehead atoms. The second-order valence-electron chi connectivity index (χ2n) is 6.13. The minimum absolute atomic E-state index is 0.274. The van der Waals surface area contributed by atoms with Gasteiger partial charge in [-0.1, -0.05) is 0 Å². The third-order valence-corrected chi connectivity index (χ3v) is 3.23. The largest absolute Gasteiger partial charge is 0.467 e. The standard InChI is InChI=1S/C13H26N2O4/c1-12(2,17)9-14-5-7-15(8-6-14)10-13(3,18)11(16)19-4/h17-18H,5-10H2,1-4H3. The van der Waals surface area contributed by atoms with Crippen LogP contribution >= 0.6 is 0 Å². The molecule has 0 aromatic carbocycles. The summed E-state index contributed by atoms with van der Waals surface area (Å²) in [5, 5.41) is 19.8. The average Bonchev–Trinajstić information content (AvgIpc) is 2.28. The summed E-state index contributed by atoms with van der Waals surface area (Å²) in [5.74, 6) is -0.605. The molecule has 0 aromatic heterocycles. The SMILES string of the molecule is COC(=O)C(C)(O)CN1CCN(CC(C)(C)O)CC1. The predicted molar refractivity (Wildman–Crippen MR) is 71.8 cm³/mol. The lowest BCUT2D eigenvalue weighted by Crippen LogP contribution is -2.55. The molecule has 0 radical (unpaired) electrons. The molecule has 1 atom stereocenters. The van der Waals surface area contributed by atoms with Gasteiger partial charge < -0.3 is 14.9 Å². The molecule has 2 N–H and O–H groups in total. The lowest BCUT2D eigenvalue weighted by atomic mass is 10.1. The summed E-state index contributed by atoms with van der Waals surface area (Å²) in [4.78, 5) is 15.6. The number of carbonyl (C=O) groups is 1. The summed E-state index contributed by atoms with van der Waals surface area (Å²) in [6.45, 7) is 9.14. The van der Waals surface area contributed by atoms with E-state index in [-0.39, 0.29) is 6.54 Å². The smallest absolute Gasteiger partial charge is 0.338 e. The first kappa shape index (κ1) is 16.4. The fraction of sp³-hybridized carbons (Fsp3) is 0.923. The highest BCUT2D eigenvalue weighted by atomic mass is 16.5. The van der Waals surface area contributed by atoms with Crippen molar-refractivity contribution in [1.29, 1.82) is 0 Å². The second kappa shape index (κ2) is 6.17. The lowest BCUT2D eigenvalue weighted by Gasteiger charge is -2.39. The van der Waals surface area contributed by atoms with Crippen LogP contribution in [0.4, 0.5) is 0 Å². The van der Waals surface area contributed by atoms with E-state index in [9.17, 15) is 15.0 Å². The van der Waals surface area contributed by atoms with E-state index in [0.29, 0.717) is 6.54 Å². The van der Waals surface area contributed by atoms with Gasteiger partial charge in [0.25, 0.3) is 0 Å². The van der Waals surface area contributed by atoms with Crippen LogP contribution in [0.1, 0.15) is 20.8 Å². The number of methoxy groups -OCH3 is 1. The van der Waals surface area contributed by atoms with Crippen LogP contribution in [0, 0.1) is 0 Å². The van der Waals surface area contributed by atoms with Crippen LogP contribution < -0.4 is 0 Å². The number of rotatable bonds is 5. The van der Waals surface area contributed by atoms with Gasteiger partial charge in [0.15, 0.2) is 5.60 Å². The van der Waals surface area contributed by atoms with Crippen LogP contribution in [0.5, 0.6) is 0 Å². The average molecular weight is 274 g/mol. The van der Waals surface area contributed by atoms with E-state index in [1.807, 2.05) is 4.90 Å². The molecule has 1 unspecified atom stereocenters. The Hall–Kier alpha value is -0.690. The fourth-order valence-electron chi connectivity index (χ4n) is 2.37. The van der Waals surface area contributed by atoms with Crippen LogP contribution in [0.15, 0.2) is 0 Å². The molecule has 0 amide bonds. The van der Waals surface area contributed by atoms with Crippen molar-refractivity contribution in [2.75, 3.05) is 46.4 Å². The molecular formula is C13H26N2O4. The Morgan fingerprint density at radius 3 is 1.84 bits per heavy atom. The summed E-state index contributed by atoms with van der Waals surface area (Å²) in [6, 6.07) is 0. The summed E-state index contributed by atoms with van der Waals surface area (Å²) in [7, 11) is 1.28. The van der Waals surface area contributed by atoms with Gasteiger partial charge in [-0.15, -0.1) is 0 Å². The molecule has 6 nitrogen and oxygen atoms in total. The molecule has 0 saturated carbocycles. The van der Waals surface area contributed by atoms with Crippen molar-refractivity contribution in [2.45, 2.75) is 32.0 Å². The highest BCUT2D eigenvalue weighted by Crippen LogP contribution is 2.13. The van der Waals surface area contributed by atoms with Gasteiger partial charge in [0, 0.05) is 39.3 Å². The van der Waals surface area contributed by atoms with Crippen LogP contribution in [0.2, 0.25) is 0 Å². The van der Waals surface area contributed by atoms with E-state index in [1.54, 1.807) is 13.8 Å². The first-order valence-corrected chi connectivity index (χ1v) is 6.62. The first-order valence-electron chi connectivity index (χ1n) is 6.62. The summed E-state index contributed by atoms with van der Waals surface area (Å²) in [6.07, 6.45) is 0. The number of ether oxygens (including phenoxy) is 1. The lowest BCUT2D eigenvalue weighted by molar-refractivity contribution is -0.162. The minimum atomic E-state index is -1.47. The zero-order valence-electron chi connectivity index (χ0n) is 12.3. The van der Waals surface area contributed by atoms with Crippen molar-refractivity contribution in [3.05, 3.63) is 0 Å². The number of aliphatic hydroxyl groups is 2. The monoisotopic (exact) mass is 274 g/mol. The van der Waals surface area contributed by atoms with Crippen molar-refractivity contribution in [1.82, 2.24) is 9.80 Å². The number of hydrogen-bond acceptors (Lipinski definition) is 6. The molecular weight excluding hydrogens is 248 g/mol. The summed E-state index contributed by atoms with van der Waals surface area (Å²) < 4.78 is 4.58. The van der Waals surface area contributed by atoms with Gasteiger partial charge in [-0.3, -0.25) is 9.80 Å². The topological polar surface area (TPSA) is 73.2 Å². The van der Waals surface area contributed by atoms with Gasteiger partial charge in [0.1, 0.15) is 0 Å². The van der Waals surface area contributed by atoms with Crippen molar-refractivity contribution in [3.63, 3.8) is 0 Å². The number of piperazine rings is 1. The van der Waals surface area contributed by atoms with Gasteiger partial charge >= 0.3 is 5.97 Å². The van der Waals surface area contributed by atoms with E-state index < -0.39 is 17.2 Å². The third-order valence-electron chi connectivity index (χ3n) is 3.23. The number of nitrogens with zero attached hydrogens (tertiary/aromatic N) is 2. The van der Waals surface area contributed by atoms with Crippen molar-refractivity contribution < 1.29 is 19.7 Å². The zero-order valence-corrected chi connectivity index (χ0v) is 12.3. The fourth-order valence-corrected chi connectivity index (χ4v) is 2.37. The maximum atomic E-state index is 11.4. The molecule has 0 aromatic rings. The molecule has 112 valence electrons. The van der Waals surface area contributed by atoms with E-state index in [0.717, 1.165) is 26.2 Å². The van der Waals surface area contributed by atoms with Crippen LogP contribution in [0.3, 0.4) is 0 Å². The van der Waals surface area contributed by atoms with E-state index in [2.05, 4.69) is 9.64 Å². The van der Waals surface area contributed by atoms with Crippen LogP contribution in [-0.4, -0.2) is 83.6 Å². The Morgan fingerprint density at radius 2 is 1.47 bits per heavy atom. The van der Waals surface area contributed by atoms with Gasteiger partial charge in [0.05, 0.1) is 12.7 Å². The Kier molecular flexibility index (Phi) is 5.32. The van der Waals surface area contributed by atoms with E-state index in [4.69, 9.17) is 0 Å². The maximum absolute atomic E-state index is 11.4. The number of hydrogen-bond donors (Lipinski definition) is 2. The molecule has 1 aliphatic rings. The zero-order chi connectivity index (χ0) is 14.7. The molecule has 0 aliphatic carbocycles. The summed E-state index contributed by atoms with van der Waals surface area (Å²) in [5.41, 5.74) is -2.16. The Morgan fingerprint density at radius 1 is 1.05 bits per heavy atom. The molecule has 6 heteroatoms. The molecule has 19 heavy (non-hydrogen) atoms.